The van der Waals surface area contributed by atoms with Gasteiger partial charge in [0, 0.05) is 54.5 Å². The summed E-state index contributed by atoms with van der Waals surface area (Å²) >= 11 is 1.38. The molecule has 9 heteroatoms. The quantitative estimate of drug-likeness (QED) is 0.504. The van der Waals surface area contributed by atoms with Crippen LogP contribution < -0.4 is 5.32 Å². The van der Waals surface area contributed by atoms with E-state index in [0.29, 0.717) is 23.7 Å². The van der Waals surface area contributed by atoms with E-state index in [0.717, 1.165) is 29.4 Å². The lowest BCUT2D eigenvalue weighted by Crippen LogP contribution is -2.40. The van der Waals surface area contributed by atoms with E-state index in [1.165, 1.54) is 11.3 Å². The molecule has 2 aromatic heterocycles. The fraction of sp³-hybridized carbons (Fsp3) is 0.440. The summed E-state index contributed by atoms with van der Waals surface area (Å²) in [5, 5.41) is 5.99. The fourth-order valence-corrected chi connectivity index (χ4v) is 4.97. The molecule has 3 heterocycles. The first kappa shape index (κ1) is 23.9. The summed E-state index contributed by atoms with van der Waals surface area (Å²) < 4.78 is 5.18. The van der Waals surface area contributed by atoms with Gasteiger partial charge >= 0.3 is 6.09 Å². The number of thiazole rings is 1. The highest BCUT2D eigenvalue weighted by molar-refractivity contribution is 7.12. The van der Waals surface area contributed by atoms with E-state index < -0.39 is 11.7 Å². The van der Waals surface area contributed by atoms with Crippen molar-refractivity contribution in [2.75, 3.05) is 19.6 Å². The predicted octanol–water partition coefficient (Wildman–Crippen LogP) is 4.48. The Morgan fingerprint density at radius 2 is 1.94 bits per heavy atom. The molecule has 8 nitrogen and oxygen atoms in total. The summed E-state index contributed by atoms with van der Waals surface area (Å²) in [7, 11) is 0. The van der Waals surface area contributed by atoms with Crippen molar-refractivity contribution >= 4 is 40.0 Å². The van der Waals surface area contributed by atoms with Crippen molar-refractivity contribution in [2.24, 2.45) is 0 Å². The molecule has 0 radical (unpaired) electrons. The maximum absolute atomic E-state index is 13.0. The zero-order valence-electron chi connectivity index (χ0n) is 19.7. The van der Waals surface area contributed by atoms with Crippen molar-refractivity contribution < 1.29 is 19.1 Å². The molecule has 0 saturated carbocycles. The number of hydrogen-bond donors (Lipinski definition) is 2. The third kappa shape index (κ3) is 5.64. The third-order valence-electron chi connectivity index (χ3n) is 5.82. The van der Waals surface area contributed by atoms with Gasteiger partial charge in [-0.3, -0.25) is 9.59 Å². The number of ketones is 1. The van der Waals surface area contributed by atoms with Gasteiger partial charge < -0.3 is 19.9 Å². The van der Waals surface area contributed by atoms with Crippen molar-refractivity contribution in [3.8, 4) is 0 Å². The van der Waals surface area contributed by atoms with Crippen LogP contribution in [0.5, 0.6) is 0 Å². The number of benzene rings is 1. The lowest BCUT2D eigenvalue weighted by atomic mass is 9.94. The maximum Gasteiger partial charge on any atom is 0.407 e. The molecule has 1 aliphatic rings. The molecule has 0 aliphatic carbocycles. The summed E-state index contributed by atoms with van der Waals surface area (Å²) in [5.74, 6) is 0.173. The van der Waals surface area contributed by atoms with Gasteiger partial charge in [0.2, 0.25) is 11.7 Å². The molecule has 0 spiro atoms. The third-order valence-corrected chi connectivity index (χ3v) is 6.68. The Morgan fingerprint density at radius 3 is 2.68 bits per heavy atom. The summed E-state index contributed by atoms with van der Waals surface area (Å²) in [6, 6.07) is 7.73. The van der Waals surface area contributed by atoms with Crippen LogP contribution in [-0.4, -0.2) is 57.9 Å². The number of H-pyrrole nitrogens is 1. The van der Waals surface area contributed by atoms with Crippen LogP contribution >= 0.6 is 11.3 Å². The molecule has 0 atom stereocenters. The summed E-state index contributed by atoms with van der Waals surface area (Å²) in [6.07, 6.45) is 3.07. The van der Waals surface area contributed by atoms with Crippen molar-refractivity contribution in [1.29, 1.82) is 0 Å². The van der Waals surface area contributed by atoms with Gasteiger partial charge in [-0.05, 0) is 39.7 Å². The number of hydrogen-bond acceptors (Lipinski definition) is 6. The van der Waals surface area contributed by atoms with Gasteiger partial charge in [-0.15, -0.1) is 11.3 Å². The standard InChI is InChI=1S/C25H30N4O4S/c1-25(2,3)33-24(32)26-11-8-21(30)29-12-9-16(10-13-29)20-15-34-23(28-20)22(31)18-14-27-19-7-5-4-6-17(18)19/h4-7,14-16,27H,8-13H2,1-3H3,(H,26,32). The first-order valence-corrected chi connectivity index (χ1v) is 12.4. The van der Waals surface area contributed by atoms with E-state index in [9.17, 15) is 14.4 Å². The number of nitrogens with one attached hydrogen (secondary N) is 2. The molecule has 3 aromatic rings. The van der Waals surface area contributed by atoms with Crippen LogP contribution in [0.25, 0.3) is 10.9 Å². The van der Waals surface area contributed by atoms with Gasteiger partial charge in [-0.2, -0.15) is 0 Å². The molecule has 2 N–H and O–H groups in total. The molecule has 0 unspecified atom stereocenters. The molecule has 1 aromatic carbocycles. The number of aromatic nitrogens is 2. The Labute approximate surface area is 202 Å². The van der Waals surface area contributed by atoms with Crippen LogP contribution in [0.1, 0.15) is 67.0 Å². The molecular weight excluding hydrogens is 452 g/mol. The Kier molecular flexibility index (Phi) is 7.02. The van der Waals surface area contributed by atoms with Gasteiger partial charge in [-0.25, -0.2) is 9.78 Å². The minimum Gasteiger partial charge on any atom is -0.444 e. The second kappa shape index (κ2) is 9.97. The lowest BCUT2D eigenvalue weighted by Gasteiger charge is -2.31. The summed E-state index contributed by atoms with van der Waals surface area (Å²) in [5.41, 5.74) is 1.93. The molecule has 1 saturated heterocycles. The molecule has 4 rings (SSSR count). The number of fused-ring (bicyclic) bond motifs is 1. The monoisotopic (exact) mass is 482 g/mol. The Morgan fingerprint density at radius 1 is 1.21 bits per heavy atom. The highest BCUT2D eigenvalue weighted by Gasteiger charge is 2.27. The van der Waals surface area contributed by atoms with E-state index in [2.05, 4.69) is 15.3 Å². The van der Waals surface area contributed by atoms with E-state index in [1.807, 2.05) is 34.5 Å². The zero-order chi connectivity index (χ0) is 24.3. The number of amides is 2. The van der Waals surface area contributed by atoms with Crippen molar-refractivity contribution in [2.45, 2.75) is 51.6 Å². The Bertz CT molecular complexity index is 1180. The van der Waals surface area contributed by atoms with E-state index in [4.69, 9.17) is 4.74 Å². The molecule has 0 bridgehead atoms. The lowest BCUT2D eigenvalue weighted by molar-refractivity contribution is -0.132. The topological polar surface area (TPSA) is 104 Å². The SMILES string of the molecule is CC(C)(C)OC(=O)NCCC(=O)N1CCC(c2csc(C(=O)c3c[nH]c4ccccc34)n2)CC1. The van der Waals surface area contributed by atoms with Gasteiger partial charge in [0.25, 0.3) is 0 Å². The first-order chi connectivity index (χ1) is 16.2. The van der Waals surface area contributed by atoms with Crippen LogP contribution in [0.3, 0.4) is 0 Å². The number of carbonyl (C=O) groups excluding carboxylic acids is 3. The number of nitrogens with zero attached hydrogens (tertiary/aromatic N) is 2. The van der Waals surface area contributed by atoms with Gasteiger partial charge in [0.05, 0.1) is 11.3 Å². The second-order valence-corrected chi connectivity index (χ2v) is 10.3. The molecule has 34 heavy (non-hydrogen) atoms. The fourth-order valence-electron chi connectivity index (χ4n) is 4.12. The number of likely N-dealkylation sites (tertiary alicyclic amines) is 1. The molecule has 180 valence electrons. The summed E-state index contributed by atoms with van der Waals surface area (Å²) in [6.45, 7) is 6.92. The molecule has 1 aliphatic heterocycles. The van der Waals surface area contributed by atoms with Gasteiger partial charge in [0.1, 0.15) is 5.60 Å². The van der Waals surface area contributed by atoms with Crippen LogP contribution in [0.2, 0.25) is 0 Å². The average Bonchev–Trinajstić information content (AvgIpc) is 3.45. The number of piperidine rings is 1. The molecule has 2 amide bonds. The predicted molar refractivity (Wildman–Crippen MR) is 131 cm³/mol. The normalized spacial score (nSPS) is 14.9. The van der Waals surface area contributed by atoms with Crippen LogP contribution in [0.4, 0.5) is 4.79 Å². The van der Waals surface area contributed by atoms with Crippen LogP contribution in [0.15, 0.2) is 35.8 Å². The van der Waals surface area contributed by atoms with Gasteiger partial charge in [-0.1, -0.05) is 18.2 Å². The smallest absolute Gasteiger partial charge is 0.407 e. The van der Waals surface area contributed by atoms with Gasteiger partial charge in [0.15, 0.2) is 5.01 Å². The maximum atomic E-state index is 13.0. The summed E-state index contributed by atoms with van der Waals surface area (Å²) in [4.78, 5) is 46.9. The zero-order valence-corrected chi connectivity index (χ0v) is 20.5. The number of para-hydroxylation sites is 1. The van der Waals surface area contributed by atoms with Crippen molar-refractivity contribution in [1.82, 2.24) is 20.2 Å². The van der Waals surface area contributed by atoms with Crippen LogP contribution in [-0.2, 0) is 9.53 Å². The van der Waals surface area contributed by atoms with E-state index in [1.54, 1.807) is 27.0 Å². The second-order valence-electron chi connectivity index (χ2n) is 9.49. The number of alkyl carbamates (subject to hydrolysis) is 1. The molecular formula is C25H30N4O4S. The number of carbonyl (C=O) groups is 3. The van der Waals surface area contributed by atoms with Crippen molar-refractivity contribution in [3.05, 3.63) is 52.1 Å². The largest absolute Gasteiger partial charge is 0.444 e. The van der Waals surface area contributed by atoms with E-state index >= 15 is 0 Å². The molecule has 1 fully saturated rings. The Balaban J connectivity index is 1.27. The average molecular weight is 483 g/mol. The van der Waals surface area contributed by atoms with E-state index in [-0.39, 0.29) is 30.6 Å². The van der Waals surface area contributed by atoms with Crippen molar-refractivity contribution in [3.63, 3.8) is 0 Å². The highest BCUT2D eigenvalue weighted by Crippen LogP contribution is 2.30. The highest BCUT2D eigenvalue weighted by atomic mass is 32.1. The first-order valence-electron chi connectivity index (χ1n) is 11.5. The Hall–Kier alpha value is -3.20. The number of aromatic amines is 1. The minimum atomic E-state index is -0.564. The van der Waals surface area contributed by atoms with Crippen LogP contribution in [0, 0.1) is 0 Å². The number of ether oxygens (including phenoxy) is 1. The number of rotatable bonds is 6. The minimum absolute atomic E-state index is 0.0167.